The molecular formula is C26H21FN6O. The maximum atomic E-state index is 13.6. The molecule has 0 fully saturated rings. The molecule has 0 spiro atoms. The average molecular weight is 452 g/mol. The van der Waals surface area contributed by atoms with Gasteiger partial charge in [0.1, 0.15) is 18.2 Å². The van der Waals surface area contributed by atoms with E-state index in [9.17, 15) is 4.39 Å². The molecule has 0 saturated carbocycles. The lowest BCUT2D eigenvalue weighted by Crippen LogP contribution is -2.15. The van der Waals surface area contributed by atoms with Crippen LogP contribution in [0.4, 0.5) is 10.3 Å². The predicted molar refractivity (Wildman–Crippen MR) is 128 cm³/mol. The van der Waals surface area contributed by atoms with Gasteiger partial charge in [0, 0.05) is 29.6 Å². The van der Waals surface area contributed by atoms with E-state index in [4.69, 9.17) is 15.5 Å². The van der Waals surface area contributed by atoms with E-state index in [-0.39, 0.29) is 17.8 Å². The number of fused-ring (bicyclic) bond motifs is 2. The molecule has 2 N–H and O–H groups in total. The summed E-state index contributed by atoms with van der Waals surface area (Å²) in [6.45, 7) is 0.436. The van der Waals surface area contributed by atoms with Gasteiger partial charge in [0.25, 0.3) is 0 Å². The minimum absolute atomic E-state index is 0.0381. The van der Waals surface area contributed by atoms with Crippen LogP contribution in [0.3, 0.4) is 0 Å². The molecule has 1 atom stereocenters. The highest BCUT2D eigenvalue weighted by Gasteiger charge is 2.31. The van der Waals surface area contributed by atoms with Gasteiger partial charge in [0.05, 0.1) is 28.6 Å². The largest absolute Gasteiger partial charge is 0.475 e. The third-order valence-corrected chi connectivity index (χ3v) is 6.08. The normalized spacial score (nSPS) is 14.9. The van der Waals surface area contributed by atoms with Crippen molar-refractivity contribution in [1.82, 2.24) is 24.5 Å². The molecule has 5 aromatic rings. The van der Waals surface area contributed by atoms with E-state index >= 15 is 0 Å². The van der Waals surface area contributed by atoms with Gasteiger partial charge in [-0.2, -0.15) is 0 Å². The Hall–Kier alpha value is -4.33. The van der Waals surface area contributed by atoms with Gasteiger partial charge >= 0.3 is 0 Å². The van der Waals surface area contributed by atoms with Crippen LogP contribution >= 0.6 is 0 Å². The van der Waals surface area contributed by atoms with E-state index in [0.717, 1.165) is 46.5 Å². The van der Waals surface area contributed by atoms with Crippen molar-refractivity contribution in [3.8, 4) is 28.5 Å². The monoisotopic (exact) mass is 452 g/mol. The maximum Gasteiger partial charge on any atom is 0.220 e. The summed E-state index contributed by atoms with van der Waals surface area (Å²) in [4.78, 5) is 18.0. The molecule has 4 heterocycles. The number of nitrogen functional groups attached to an aromatic ring is 1. The predicted octanol–water partition coefficient (Wildman–Crippen LogP) is 4.84. The smallest absolute Gasteiger partial charge is 0.220 e. The molecule has 1 aliphatic rings. The first-order valence-corrected chi connectivity index (χ1v) is 11.1. The highest BCUT2D eigenvalue weighted by molar-refractivity contribution is 5.79. The van der Waals surface area contributed by atoms with Crippen molar-refractivity contribution in [2.75, 3.05) is 12.3 Å². The number of hydrogen-bond donors (Lipinski definition) is 1. The number of hydrogen-bond acceptors (Lipinski definition) is 6. The van der Waals surface area contributed by atoms with E-state index in [2.05, 4.69) is 19.5 Å². The molecule has 8 heteroatoms. The second kappa shape index (κ2) is 8.22. The second-order valence-corrected chi connectivity index (χ2v) is 8.25. The fourth-order valence-corrected chi connectivity index (χ4v) is 4.50. The van der Waals surface area contributed by atoms with Crippen LogP contribution in [0.25, 0.3) is 33.5 Å². The van der Waals surface area contributed by atoms with E-state index < -0.39 is 0 Å². The van der Waals surface area contributed by atoms with Gasteiger partial charge in [0.2, 0.25) is 11.8 Å². The molecule has 168 valence electrons. The third-order valence-electron chi connectivity index (χ3n) is 6.08. The Kier molecular flexibility index (Phi) is 4.91. The standard InChI is InChI=1S/C26H21FN6O/c27-18-8-5-17(6-9-18)24-25(21-13-14-29-26(28)31-21)33-19(10-11-22(33)32-24)15-34-23-12-7-16-3-1-2-4-20(16)30-23/h1-9,12-14,19H,10-11,15H2,(H2,28,29,31). The molecule has 0 amide bonds. The molecule has 34 heavy (non-hydrogen) atoms. The van der Waals surface area contributed by atoms with Crippen molar-refractivity contribution in [2.24, 2.45) is 0 Å². The van der Waals surface area contributed by atoms with Crippen LogP contribution in [0.15, 0.2) is 72.9 Å². The van der Waals surface area contributed by atoms with Gasteiger partial charge < -0.3 is 15.0 Å². The van der Waals surface area contributed by atoms with Crippen molar-refractivity contribution < 1.29 is 9.13 Å². The molecule has 7 nitrogen and oxygen atoms in total. The lowest BCUT2D eigenvalue weighted by atomic mass is 10.1. The Labute approximate surface area is 195 Å². The second-order valence-electron chi connectivity index (χ2n) is 8.25. The highest BCUT2D eigenvalue weighted by Crippen LogP contribution is 2.39. The van der Waals surface area contributed by atoms with Gasteiger partial charge in [-0.25, -0.2) is 24.3 Å². The van der Waals surface area contributed by atoms with Crippen molar-refractivity contribution >= 4 is 16.9 Å². The van der Waals surface area contributed by atoms with Gasteiger partial charge in [-0.05, 0) is 48.9 Å². The minimum Gasteiger partial charge on any atom is -0.475 e. The first-order valence-electron chi connectivity index (χ1n) is 11.1. The Morgan fingerprint density at radius 2 is 1.82 bits per heavy atom. The zero-order chi connectivity index (χ0) is 23.1. The summed E-state index contributed by atoms with van der Waals surface area (Å²) in [5, 5.41) is 1.07. The summed E-state index contributed by atoms with van der Waals surface area (Å²) in [6.07, 6.45) is 3.31. The lowest BCUT2D eigenvalue weighted by Gasteiger charge is -2.18. The summed E-state index contributed by atoms with van der Waals surface area (Å²) >= 11 is 0. The van der Waals surface area contributed by atoms with Crippen molar-refractivity contribution in [2.45, 2.75) is 18.9 Å². The number of anilines is 1. The van der Waals surface area contributed by atoms with E-state index in [1.165, 1.54) is 12.1 Å². The van der Waals surface area contributed by atoms with Crippen molar-refractivity contribution in [3.05, 3.63) is 84.6 Å². The van der Waals surface area contributed by atoms with Crippen LogP contribution in [0.1, 0.15) is 18.3 Å². The Bertz CT molecular complexity index is 1500. The molecule has 0 radical (unpaired) electrons. The molecule has 1 aliphatic heterocycles. The SMILES string of the molecule is Nc1nccc(-c2c(-c3ccc(F)cc3)nc3n2C(COc2ccc4ccccc4n2)CC3)n1. The van der Waals surface area contributed by atoms with Gasteiger partial charge in [-0.1, -0.05) is 18.2 Å². The highest BCUT2D eigenvalue weighted by atomic mass is 19.1. The number of nitrogens with two attached hydrogens (primary N) is 1. The number of aromatic nitrogens is 5. The van der Waals surface area contributed by atoms with Gasteiger partial charge in [-0.3, -0.25) is 0 Å². The summed E-state index contributed by atoms with van der Waals surface area (Å²) in [5.74, 6) is 1.41. The molecule has 1 unspecified atom stereocenters. The molecule has 6 rings (SSSR count). The summed E-state index contributed by atoms with van der Waals surface area (Å²) in [5.41, 5.74) is 9.84. The Morgan fingerprint density at radius 1 is 0.971 bits per heavy atom. The van der Waals surface area contributed by atoms with Gasteiger partial charge in [0.15, 0.2) is 0 Å². The Morgan fingerprint density at radius 3 is 2.68 bits per heavy atom. The minimum atomic E-state index is -0.294. The first kappa shape index (κ1) is 20.3. The topological polar surface area (TPSA) is 91.7 Å². The van der Waals surface area contributed by atoms with Crippen LogP contribution in [-0.2, 0) is 6.42 Å². The summed E-state index contributed by atoms with van der Waals surface area (Å²) < 4.78 is 21.9. The van der Waals surface area contributed by atoms with E-state index in [0.29, 0.717) is 18.2 Å². The lowest BCUT2D eigenvalue weighted by molar-refractivity contribution is 0.248. The number of para-hydroxylation sites is 1. The summed E-state index contributed by atoms with van der Waals surface area (Å²) in [7, 11) is 0. The summed E-state index contributed by atoms with van der Waals surface area (Å²) in [6, 6.07) is 20.0. The first-order chi connectivity index (χ1) is 16.7. The number of ether oxygens (including phenoxy) is 1. The number of pyridine rings is 1. The number of benzene rings is 2. The van der Waals surface area contributed by atoms with E-state index in [1.807, 2.05) is 42.5 Å². The van der Waals surface area contributed by atoms with Crippen molar-refractivity contribution in [3.63, 3.8) is 0 Å². The quantitative estimate of drug-likeness (QED) is 0.410. The number of rotatable bonds is 5. The van der Waals surface area contributed by atoms with E-state index in [1.54, 1.807) is 18.3 Å². The molecule has 0 bridgehead atoms. The number of halogens is 1. The van der Waals surface area contributed by atoms with Crippen molar-refractivity contribution in [1.29, 1.82) is 0 Å². The number of imidazole rings is 1. The molecule has 0 saturated heterocycles. The van der Waals surface area contributed by atoms with Crippen LogP contribution in [0, 0.1) is 5.82 Å². The number of aryl methyl sites for hydroxylation is 1. The molecule has 3 aromatic heterocycles. The van der Waals surface area contributed by atoms with Crippen LogP contribution in [-0.4, -0.2) is 31.1 Å². The van der Waals surface area contributed by atoms with Crippen LogP contribution in [0.2, 0.25) is 0 Å². The van der Waals surface area contributed by atoms with Gasteiger partial charge in [-0.15, -0.1) is 0 Å². The molecule has 0 aliphatic carbocycles. The maximum absolute atomic E-state index is 13.6. The third kappa shape index (κ3) is 3.63. The molecular weight excluding hydrogens is 431 g/mol. The van der Waals surface area contributed by atoms with Crippen LogP contribution in [0.5, 0.6) is 5.88 Å². The zero-order valence-corrected chi connectivity index (χ0v) is 18.2. The zero-order valence-electron chi connectivity index (χ0n) is 18.2. The Balaban J connectivity index is 1.38. The number of nitrogens with zero attached hydrogens (tertiary/aromatic N) is 5. The fraction of sp³-hybridized carbons (Fsp3) is 0.154. The average Bonchev–Trinajstić information content (AvgIpc) is 3.42. The fourth-order valence-electron chi connectivity index (χ4n) is 4.50. The van der Waals surface area contributed by atoms with Crippen LogP contribution < -0.4 is 10.5 Å². The molecule has 2 aromatic carbocycles.